The Morgan fingerprint density at radius 3 is 2.50 bits per heavy atom. The summed E-state index contributed by atoms with van der Waals surface area (Å²) in [4.78, 5) is 24.4. The van der Waals surface area contributed by atoms with Crippen LogP contribution >= 0.6 is 0 Å². The van der Waals surface area contributed by atoms with Gasteiger partial charge in [0.2, 0.25) is 0 Å². The van der Waals surface area contributed by atoms with Crippen molar-refractivity contribution in [2.45, 2.75) is 73.1 Å². The van der Waals surface area contributed by atoms with Crippen molar-refractivity contribution in [3.05, 3.63) is 23.3 Å². The third-order valence-electron chi connectivity index (χ3n) is 7.96. The Labute approximate surface area is 146 Å². The summed E-state index contributed by atoms with van der Waals surface area (Å²) >= 11 is 0. The normalized spacial score (nSPS) is 45.9. The maximum Gasteiger partial charge on any atom is 0.159 e. The second-order valence-electron chi connectivity index (χ2n) is 8.75. The van der Waals surface area contributed by atoms with Crippen molar-refractivity contribution in [3.8, 4) is 0 Å². The van der Waals surface area contributed by atoms with E-state index in [1.807, 2.05) is 13.0 Å². The number of hydrogen-bond acceptors (Lipinski definition) is 2. The van der Waals surface area contributed by atoms with Gasteiger partial charge in [-0.05, 0) is 79.3 Å². The quantitative estimate of drug-likeness (QED) is 0.567. The average Bonchev–Trinajstić information content (AvgIpc) is 2.77. The zero-order valence-electron chi connectivity index (χ0n) is 14.7. The van der Waals surface area contributed by atoms with E-state index < -0.39 is 0 Å². The van der Waals surface area contributed by atoms with Gasteiger partial charge in [-0.15, -0.1) is 0 Å². The van der Waals surface area contributed by atoms with Crippen LogP contribution in [-0.4, -0.2) is 11.6 Å². The maximum atomic E-state index is 12.5. The maximum absolute atomic E-state index is 12.5. The van der Waals surface area contributed by atoms with E-state index in [-0.39, 0.29) is 18.3 Å². The summed E-state index contributed by atoms with van der Waals surface area (Å²) in [6, 6.07) is 0. The molecule has 0 radical (unpaired) electrons. The highest BCUT2D eigenvalue weighted by atomic mass is 16.1. The van der Waals surface area contributed by atoms with Gasteiger partial charge in [-0.25, -0.2) is 0 Å². The van der Waals surface area contributed by atoms with Crippen molar-refractivity contribution in [2.24, 2.45) is 28.6 Å². The summed E-state index contributed by atoms with van der Waals surface area (Å²) in [5.41, 5.74) is 2.83. The van der Waals surface area contributed by atoms with Crippen LogP contribution in [0.15, 0.2) is 23.3 Å². The highest BCUT2D eigenvalue weighted by Crippen LogP contribution is 2.65. The van der Waals surface area contributed by atoms with E-state index in [2.05, 4.69) is 19.9 Å². The van der Waals surface area contributed by atoms with Crippen molar-refractivity contribution in [1.82, 2.24) is 0 Å². The first-order valence-corrected chi connectivity index (χ1v) is 9.34. The molecule has 0 bridgehead atoms. The van der Waals surface area contributed by atoms with Gasteiger partial charge in [0.05, 0.1) is 0 Å². The molecule has 0 spiro atoms. The van der Waals surface area contributed by atoms with E-state index in [1.54, 1.807) is 0 Å². The summed E-state index contributed by atoms with van der Waals surface area (Å²) < 4.78 is 0. The number of ketones is 2. The van der Waals surface area contributed by atoms with E-state index in [1.165, 1.54) is 18.4 Å². The Hall–Kier alpha value is -1.18. The number of hydrogen-bond donors (Lipinski definition) is 0. The Morgan fingerprint density at radius 2 is 1.79 bits per heavy atom. The first kappa shape index (κ1) is 17.6. The first-order valence-electron chi connectivity index (χ1n) is 9.34. The van der Waals surface area contributed by atoms with Crippen molar-refractivity contribution in [3.63, 3.8) is 0 Å². The third-order valence-corrected chi connectivity index (χ3v) is 7.96. The standard InChI is InChI=1S/C21H28O2.CH4/c1-4-16-19(23)12-18-15-6-5-13-11-14(22)7-9-20(13,2)17(15)8-10-21(16,18)3;/h4,11,15,17-18H,5-10,12H2,1-3H3;1H4/b16-4+;/t15-,17+,18+,20+,21-;/m1./s1. The monoisotopic (exact) mass is 328 g/mol. The van der Waals surface area contributed by atoms with Crippen molar-refractivity contribution >= 4 is 11.6 Å². The van der Waals surface area contributed by atoms with Crippen molar-refractivity contribution in [1.29, 1.82) is 0 Å². The molecule has 0 unspecified atom stereocenters. The van der Waals surface area contributed by atoms with Crippen LogP contribution < -0.4 is 0 Å². The molecule has 5 atom stereocenters. The summed E-state index contributed by atoms with van der Waals surface area (Å²) in [5.74, 6) is 2.56. The van der Waals surface area contributed by atoms with Gasteiger partial charge in [0.1, 0.15) is 0 Å². The topological polar surface area (TPSA) is 34.1 Å². The zero-order valence-corrected chi connectivity index (χ0v) is 14.7. The summed E-state index contributed by atoms with van der Waals surface area (Å²) in [6.07, 6.45) is 11.1. The Morgan fingerprint density at radius 1 is 1.04 bits per heavy atom. The molecule has 3 saturated carbocycles. The fourth-order valence-electron chi connectivity index (χ4n) is 6.71. The van der Waals surface area contributed by atoms with Gasteiger partial charge in [0.15, 0.2) is 11.6 Å². The number of carbonyl (C=O) groups is 2. The highest BCUT2D eigenvalue weighted by Gasteiger charge is 2.59. The van der Waals surface area contributed by atoms with E-state index in [4.69, 9.17) is 0 Å². The lowest BCUT2D eigenvalue weighted by Gasteiger charge is -2.57. The molecule has 0 amide bonds. The van der Waals surface area contributed by atoms with Gasteiger partial charge < -0.3 is 0 Å². The van der Waals surface area contributed by atoms with E-state index in [0.29, 0.717) is 35.7 Å². The molecule has 0 heterocycles. The fraction of sp³-hybridized carbons (Fsp3) is 0.727. The van der Waals surface area contributed by atoms with E-state index in [9.17, 15) is 9.59 Å². The van der Waals surface area contributed by atoms with Crippen LogP contribution in [0.25, 0.3) is 0 Å². The molecule has 4 aliphatic carbocycles. The minimum Gasteiger partial charge on any atom is -0.295 e. The van der Waals surface area contributed by atoms with Gasteiger partial charge in [-0.2, -0.15) is 0 Å². The molecule has 0 N–H and O–H groups in total. The van der Waals surface area contributed by atoms with Crippen LogP contribution in [-0.2, 0) is 9.59 Å². The van der Waals surface area contributed by atoms with Gasteiger partial charge in [-0.3, -0.25) is 9.59 Å². The molecule has 0 aliphatic heterocycles. The Bertz CT molecular complexity index is 640. The second-order valence-corrected chi connectivity index (χ2v) is 8.75. The van der Waals surface area contributed by atoms with Gasteiger partial charge in [0, 0.05) is 12.8 Å². The predicted molar refractivity (Wildman–Crippen MR) is 97.6 cm³/mol. The Balaban J connectivity index is 0.00000169. The van der Waals surface area contributed by atoms with Crippen molar-refractivity contribution in [2.75, 3.05) is 0 Å². The van der Waals surface area contributed by atoms with Gasteiger partial charge in [-0.1, -0.05) is 32.9 Å². The SMILES string of the molecule is C.C/C=C1\C(=O)C[C@H]2[C@@H]3CCC4=CC(=O)CC[C@]4(C)[C@H]3CC[C@]12C. The Kier molecular flexibility index (Phi) is 4.17. The lowest BCUT2D eigenvalue weighted by molar-refractivity contribution is -0.117. The molecular weight excluding hydrogens is 296 g/mol. The molecule has 4 aliphatic rings. The number of Topliss-reactive ketones (excluding diaryl/α,β-unsaturated/α-hetero) is 1. The average molecular weight is 328 g/mol. The molecule has 2 nitrogen and oxygen atoms in total. The van der Waals surface area contributed by atoms with Crippen molar-refractivity contribution < 1.29 is 9.59 Å². The van der Waals surface area contributed by atoms with Crippen LogP contribution in [0.4, 0.5) is 0 Å². The van der Waals surface area contributed by atoms with Crippen LogP contribution in [0.5, 0.6) is 0 Å². The highest BCUT2D eigenvalue weighted by molar-refractivity contribution is 5.99. The molecule has 4 rings (SSSR count). The largest absolute Gasteiger partial charge is 0.295 e. The molecule has 3 fully saturated rings. The van der Waals surface area contributed by atoms with Crippen LogP contribution in [0.3, 0.4) is 0 Å². The minimum absolute atomic E-state index is 0. The smallest absolute Gasteiger partial charge is 0.159 e. The fourth-order valence-corrected chi connectivity index (χ4v) is 6.71. The summed E-state index contributed by atoms with van der Waals surface area (Å²) in [7, 11) is 0. The molecule has 0 aromatic rings. The molecule has 132 valence electrons. The van der Waals surface area contributed by atoms with Gasteiger partial charge >= 0.3 is 0 Å². The molecule has 0 saturated heterocycles. The van der Waals surface area contributed by atoms with E-state index in [0.717, 1.165) is 31.3 Å². The molecule has 0 aromatic carbocycles. The third kappa shape index (κ3) is 2.14. The minimum atomic E-state index is 0. The zero-order chi connectivity index (χ0) is 16.4. The lowest BCUT2D eigenvalue weighted by Crippen LogP contribution is -2.49. The van der Waals surface area contributed by atoms with Crippen LogP contribution in [0.2, 0.25) is 0 Å². The molecule has 24 heavy (non-hydrogen) atoms. The predicted octanol–water partition coefficient (Wildman–Crippen LogP) is 5.28. The second kappa shape index (κ2) is 5.68. The molecule has 2 heteroatoms. The number of allylic oxidation sites excluding steroid dienone is 3. The van der Waals surface area contributed by atoms with Crippen LogP contribution in [0.1, 0.15) is 73.1 Å². The number of fused-ring (bicyclic) bond motifs is 5. The van der Waals surface area contributed by atoms with Crippen LogP contribution in [0, 0.1) is 28.6 Å². The number of rotatable bonds is 0. The van der Waals surface area contributed by atoms with Gasteiger partial charge in [0.25, 0.3) is 0 Å². The van der Waals surface area contributed by atoms with E-state index >= 15 is 0 Å². The number of carbonyl (C=O) groups excluding carboxylic acids is 2. The first-order chi connectivity index (χ1) is 10.9. The molecule has 0 aromatic heterocycles. The lowest BCUT2D eigenvalue weighted by atomic mass is 9.47. The summed E-state index contributed by atoms with van der Waals surface area (Å²) in [5, 5.41) is 0. The summed E-state index contributed by atoms with van der Waals surface area (Å²) in [6.45, 7) is 6.77. The molecular formula is C22H32O2.